The van der Waals surface area contributed by atoms with Gasteiger partial charge in [0.15, 0.2) is 0 Å². The Bertz CT molecular complexity index is 744. The van der Waals surface area contributed by atoms with Crippen molar-refractivity contribution in [3.8, 4) is 0 Å². The van der Waals surface area contributed by atoms with E-state index >= 15 is 0 Å². The Balaban J connectivity index is 1.61. The van der Waals surface area contributed by atoms with Crippen LogP contribution < -0.4 is 0 Å². The van der Waals surface area contributed by atoms with Crippen LogP contribution in [0.5, 0.6) is 0 Å². The van der Waals surface area contributed by atoms with Gasteiger partial charge in [0.05, 0.1) is 10.4 Å². The molecule has 5 nitrogen and oxygen atoms in total. The van der Waals surface area contributed by atoms with Crippen molar-refractivity contribution in [3.05, 3.63) is 52.0 Å². The van der Waals surface area contributed by atoms with Gasteiger partial charge in [0.2, 0.25) is 0 Å². The van der Waals surface area contributed by atoms with Gasteiger partial charge < -0.3 is 10.0 Å². The predicted molar refractivity (Wildman–Crippen MR) is 92.2 cm³/mol. The zero-order chi connectivity index (χ0) is 17.2. The van der Waals surface area contributed by atoms with E-state index in [1.165, 1.54) is 16.9 Å². The highest BCUT2D eigenvalue weighted by Gasteiger charge is 2.42. The van der Waals surface area contributed by atoms with E-state index in [4.69, 9.17) is 0 Å². The molecule has 1 aromatic carbocycles. The second-order valence-corrected chi connectivity index (χ2v) is 7.40. The maximum atomic E-state index is 12.5. The highest BCUT2D eigenvalue weighted by atomic mass is 32.1. The number of amides is 1. The third-order valence-corrected chi connectivity index (χ3v) is 5.43. The highest BCUT2D eigenvalue weighted by molar-refractivity contribution is 7.09. The maximum Gasteiger partial charge on any atom is 0.311 e. The van der Waals surface area contributed by atoms with Gasteiger partial charge in [-0.05, 0) is 25.3 Å². The number of aryl methyl sites for hydroxylation is 2. The van der Waals surface area contributed by atoms with Gasteiger partial charge in [0, 0.05) is 24.9 Å². The number of nitrogens with zero attached hydrogens (tertiary/aromatic N) is 2. The van der Waals surface area contributed by atoms with Crippen molar-refractivity contribution in [1.82, 2.24) is 9.88 Å². The number of carboxylic acids is 1. The quantitative estimate of drug-likeness (QED) is 0.905. The molecule has 1 aliphatic rings. The summed E-state index contributed by atoms with van der Waals surface area (Å²) in [6, 6.07) is 10.2. The van der Waals surface area contributed by atoms with Crippen LogP contribution >= 0.6 is 11.3 Å². The zero-order valence-electron chi connectivity index (χ0n) is 13.6. The van der Waals surface area contributed by atoms with Gasteiger partial charge >= 0.3 is 5.97 Å². The summed E-state index contributed by atoms with van der Waals surface area (Å²) >= 11 is 1.49. The molecule has 1 fully saturated rings. The van der Waals surface area contributed by atoms with Crippen LogP contribution in [0.1, 0.15) is 34.4 Å². The smallest absolute Gasteiger partial charge is 0.311 e. The second kappa shape index (κ2) is 6.73. The van der Waals surface area contributed by atoms with E-state index < -0.39 is 11.4 Å². The first-order valence-electron chi connectivity index (χ1n) is 7.99. The van der Waals surface area contributed by atoms with Crippen molar-refractivity contribution in [2.75, 3.05) is 13.1 Å². The first-order chi connectivity index (χ1) is 11.5. The topological polar surface area (TPSA) is 70.5 Å². The number of carbonyl (C=O) groups is 2. The lowest BCUT2D eigenvalue weighted by atomic mass is 9.90. The highest BCUT2D eigenvalue weighted by Crippen LogP contribution is 2.31. The summed E-state index contributed by atoms with van der Waals surface area (Å²) in [5.74, 6) is -1.01. The molecule has 0 aliphatic carbocycles. The van der Waals surface area contributed by atoms with Crippen LogP contribution in [0.25, 0.3) is 0 Å². The van der Waals surface area contributed by atoms with Gasteiger partial charge in [-0.3, -0.25) is 9.59 Å². The van der Waals surface area contributed by atoms with Gasteiger partial charge in [-0.25, -0.2) is 4.98 Å². The van der Waals surface area contributed by atoms with Crippen LogP contribution in [0.4, 0.5) is 0 Å². The van der Waals surface area contributed by atoms with Crippen LogP contribution in [-0.2, 0) is 17.6 Å². The summed E-state index contributed by atoms with van der Waals surface area (Å²) in [7, 11) is 0. The molecule has 1 aliphatic heterocycles. The molecule has 6 heteroatoms. The van der Waals surface area contributed by atoms with Gasteiger partial charge in [0.25, 0.3) is 5.91 Å². The minimum atomic E-state index is -0.848. The average Bonchev–Trinajstić information content (AvgIpc) is 3.21. The summed E-state index contributed by atoms with van der Waals surface area (Å²) in [5.41, 5.74) is 0.831. The number of benzene rings is 1. The molecule has 0 saturated carbocycles. The van der Waals surface area contributed by atoms with Gasteiger partial charge in [-0.1, -0.05) is 30.3 Å². The van der Waals surface area contributed by atoms with Crippen molar-refractivity contribution in [2.45, 2.75) is 26.2 Å². The van der Waals surface area contributed by atoms with Crippen molar-refractivity contribution < 1.29 is 14.7 Å². The molecular weight excluding hydrogens is 324 g/mol. The van der Waals surface area contributed by atoms with E-state index in [1.54, 1.807) is 17.2 Å². The SMILES string of the molecule is C[C@]1(C(=O)O)CCN(C(=O)c2csc(CCc3ccccc3)n2)C1. The Hall–Kier alpha value is -2.21. The summed E-state index contributed by atoms with van der Waals surface area (Å²) in [6.07, 6.45) is 2.18. The molecule has 24 heavy (non-hydrogen) atoms. The van der Waals surface area contributed by atoms with Crippen LogP contribution in [0, 0.1) is 5.41 Å². The molecule has 3 rings (SSSR count). The average molecular weight is 344 g/mol. The Labute approximate surface area is 145 Å². The predicted octanol–water partition coefficient (Wildman–Crippen LogP) is 2.87. The number of thiazole rings is 1. The number of rotatable bonds is 5. The molecule has 2 heterocycles. The summed E-state index contributed by atoms with van der Waals surface area (Å²) in [4.78, 5) is 29.9. The first-order valence-corrected chi connectivity index (χ1v) is 8.87. The maximum absolute atomic E-state index is 12.5. The Kier molecular flexibility index (Phi) is 4.66. The van der Waals surface area contributed by atoms with E-state index in [9.17, 15) is 14.7 Å². The lowest BCUT2D eigenvalue weighted by Gasteiger charge is -2.19. The Morgan fingerprint density at radius 1 is 1.29 bits per heavy atom. The summed E-state index contributed by atoms with van der Waals surface area (Å²) < 4.78 is 0. The molecule has 0 bridgehead atoms. The first kappa shape index (κ1) is 16.6. The Morgan fingerprint density at radius 3 is 2.71 bits per heavy atom. The largest absolute Gasteiger partial charge is 0.481 e. The molecule has 126 valence electrons. The fourth-order valence-electron chi connectivity index (χ4n) is 2.89. The van der Waals surface area contributed by atoms with E-state index in [2.05, 4.69) is 17.1 Å². The lowest BCUT2D eigenvalue weighted by Crippen LogP contribution is -2.35. The molecule has 2 aromatic rings. The molecule has 0 unspecified atom stereocenters. The number of likely N-dealkylation sites (tertiary alicyclic amines) is 1. The third kappa shape index (κ3) is 3.48. The van der Waals surface area contributed by atoms with Gasteiger partial charge in [-0.15, -0.1) is 11.3 Å². The van der Waals surface area contributed by atoms with E-state index in [-0.39, 0.29) is 12.5 Å². The molecule has 1 atom stereocenters. The number of hydrogen-bond donors (Lipinski definition) is 1. The lowest BCUT2D eigenvalue weighted by molar-refractivity contribution is -0.147. The minimum Gasteiger partial charge on any atom is -0.481 e. The van der Waals surface area contributed by atoms with Crippen LogP contribution in [0.15, 0.2) is 35.7 Å². The van der Waals surface area contributed by atoms with Crippen LogP contribution in [-0.4, -0.2) is 40.0 Å². The van der Waals surface area contributed by atoms with Crippen molar-refractivity contribution in [1.29, 1.82) is 0 Å². The number of hydrogen-bond acceptors (Lipinski definition) is 4. The van der Waals surface area contributed by atoms with Gasteiger partial charge in [-0.2, -0.15) is 0 Å². The monoisotopic (exact) mass is 344 g/mol. The summed E-state index contributed by atoms with van der Waals surface area (Å²) in [5, 5.41) is 12.0. The fourth-order valence-corrected chi connectivity index (χ4v) is 3.66. The molecule has 1 N–H and O–H groups in total. The standard InChI is InChI=1S/C18H20N2O3S/c1-18(17(22)23)9-10-20(12-18)16(21)14-11-24-15(19-14)8-7-13-5-3-2-4-6-13/h2-6,11H,7-10,12H2,1H3,(H,22,23)/t18-/m0/s1. The molecule has 1 amide bonds. The number of carboxylic acid groups (broad SMARTS) is 1. The molecule has 1 aromatic heterocycles. The Morgan fingerprint density at radius 2 is 2.04 bits per heavy atom. The zero-order valence-corrected chi connectivity index (χ0v) is 14.4. The molecule has 0 spiro atoms. The number of aromatic nitrogens is 1. The van der Waals surface area contributed by atoms with Gasteiger partial charge in [0.1, 0.15) is 5.69 Å². The third-order valence-electron chi connectivity index (χ3n) is 4.52. The van der Waals surface area contributed by atoms with Crippen molar-refractivity contribution in [2.24, 2.45) is 5.41 Å². The van der Waals surface area contributed by atoms with Crippen LogP contribution in [0.2, 0.25) is 0 Å². The molecule has 0 radical (unpaired) electrons. The van der Waals surface area contributed by atoms with E-state index in [0.717, 1.165) is 17.8 Å². The number of aliphatic carboxylic acids is 1. The van der Waals surface area contributed by atoms with E-state index in [1.807, 2.05) is 18.2 Å². The van der Waals surface area contributed by atoms with Crippen LogP contribution in [0.3, 0.4) is 0 Å². The fraction of sp³-hybridized carbons (Fsp3) is 0.389. The summed E-state index contributed by atoms with van der Waals surface area (Å²) in [6.45, 7) is 2.41. The van der Waals surface area contributed by atoms with E-state index in [0.29, 0.717) is 18.7 Å². The molecular formula is C18H20N2O3S. The minimum absolute atomic E-state index is 0.165. The molecule has 1 saturated heterocycles. The second-order valence-electron chi connectivity index (χ2n) is 6.45. The van der Waals surface area contributed by atoms with Crippen molar-refractivity contribution >= 4 is 23.2 Å². The normalized spacial score (nSPS) is 20.3. The van der Waals surface area contributed by atoms with Crippen molar-refractivity contribution in [3.63, 3.8) is 0 Å². The number of carbonyl (C=O) groups excluding carboxylic acids is 1.